The van der Waals surface area contributed by atoms with Crippen LogP contribution in [0.15, 0.2) is 48.8 Å². The van der Waals surface area contributed by atoms with Crippen molar-refractivity contribution in [2.75, 3.05) is 0 Å². The smallest absolute Gasteiger partial charge is 0.251 e. The molecule has 1 aliphatic carbocycles. The summed E-state index contributed by atoms with van der Waals surface area (Å²) in [6.45, 7) is 2.09. The molecule has 1 atom stereocenters. The molecule has 0 bridgehead atoms. The van der Waals surface area contributed by atoms with E-state index in [1.165, 1.54) is 12.8 Å². The van der Waals surface area contributed by atoms with Gasteiger partial charge < -0.3 is 9.88 Å². The monoisotopic (exact) mass is 254 g/mol. The van der Waals surface area contributed by atoms with Crippen LogP contribution in [-0.4, -0.2) is 16.5 Å². The van der Waals surface area contributed by atoms with E-state index in [2.05, 4.69) is 12.2 Å². The molecule has 2 aromatic rings. The first kappa shape index (κ1) is 12.0. The summed E-state index contributed by atoms with van der Waals surface area (Å²) in [4.78, 5) is 12.1. The maximum Gasteiger partial charge on any atom is 0.251 e. The Morgan fingerprint density at radius 2 is 1.84 bits per heavy atom. The first-order valence-electron chi connectivity index (χ1n) is 6.78. The highest BCUT2D eigenvalue weighted by Crippen LogP contribution is 2.32. The lowest BCUT2D eigenvalue weighted by atomic mass is 10.1. The number of carbonyl (C=O) groups excluding carboxylic acids is 1. The molecule has 1 aliphatic rings. The highest BCUT2D eigenvalue weighted by atomic mass is 16.1. The van der Waals surface area contributed by atoms with Crippen molar-refractivity contribution in [3.05, 3.63) is 54.4 Å². The van der Waals surface area contributed by atoms with E-state index in [0.29, 0.717) is 5.92 Å². The summed E-state index contributed by atoms with van der Waals surface area (Å²) >= 11 is 0. The lowest BCUT2D eigenvalue weighted by Crippen LogP contribution is -2.33. The maximum atomic E-state index is 12.1. The fourth-order valence-electron chi connectivity index (χ4n) is 2.30. The van der Waals surface area contributed by atoms with Crippen molar-refractivity contribution in [2.24, 2.45) is 5.92 Å². The maximum absolute atomic E-state index is 12.1. The molecule has 0 spiro atoms. The van der Waals surface area contributed by atoms with E-state index in [9.17, 15) is 4.79 Å². The third-order valence-corrected chi connectivity index (χ3v) is 3.72. The second-order valence-corrected chi connectivity index (χ2v) is 5.24. The molecule has 1 heterocycles. The SMILES string of the molecule is CC(NC(=O)c1ccc(-n2cccc2)cc1)C1CC1. The van der Waals surface area contributed by atoms with Gasteiger partial charge in [0.2, 0.25) is 0 Å². The van der Waals surface area contributed by atoms with Crippen LogP contribution in [0.5, 0.6) is 0 Å². The molecule has 1 fully saturated rings. The average Bonchev–Trinajstić information content (AvgIpc) is 3.14. The number of benzene rings is 1. The summed E-state index contributed by atoms with van der Waals surface area (Å²) in [5.41, 5.74) is 1.79. The molecule has 3 nitrogen and oxygen atoms in total. The minimum absolute atomic E-state index is 0.0263. The van der Waals surface area contributed by atoms with E-state index < -0.39 is 0 Å². The van der Waals surface area contributed by atoms with Crippen LogP contribution in [-0.2, 0) is 0 Å². The number of nitrogens with one attached hydrogen (secondary N) is 1. The van der Waals surface area contributed by atoms with E-state index in [0.717, 1.165) is 11.3 Å². The van der Waals surface area contributed by atoms with Gasteiger partial charge in [0.25, 0.3) is 5.91 Å². The van der Waals surface area contributed by atoms with Crippen molar-refractivity contribution in [3.8, 4) is 5.69 Å². The van der Waals surface area contributed by atoms with Crippen LogP contribution in [0.4, 0.5) is 0 Å². The molecule has 1 aromatic heterocycles. The van der Waals surface area contributed by atoms with E-state index in [-0.39, 0.29) is 11.9 Å². The van der Waals surface area contributed by atoms with Gasteiger partial charge in [-0.1, -0.05) is 0 Å². The lowest BCUT2D eigenvalue weighted by molar-refractivity contribution is 0.0936. The van der Waals surface area contributed by atoms with Crippen molar-refractivity contribution in [1.82, 2.24) is 9.88 Å². The Labute approximate surface area is 113 Å². The third-order valence-electron chi connectivity index (χ3n) is 3.72. The van der Waals surface area contributed by atoms with Gasteiger partial charge in [-0.15, -0.1) is 0 Å². The average molecular weight is 254 g/mol. The van der Waals surface area contributed by atoms with Crippen LogP contribution in [0.1, 0.15) is 30.1 Å². The highest BCUT2D eigenvalue weighted by Gasteiger charge is 2.28. The zero-order valence-corrected chi connectivity index (χ0v) is 11.0. The Bertz CT molecular complexity index is 553. The minimum Gasteiger partial charge on any atom is -0.349 e. The summed E-state index contributed by atoms with van der Waals surface area (Å²) in [6, 6.07) is 12.0. The molecule has 3 rings (SSSR count). The molecule has 3 heteroatoms. The van der Waals surface area contributed by atoms with Crippen LogP contribution in [0.2, 0.25) is 0 Å². The molecule has 1 amide bonds. The van der Waals surface area contributed by atoms with Crippen molar-refractivity contribution in [3.63, 3.8) is 0 Å². The Kier molecular flexibility index (Phi) is 3.11. The fraction of sp³-hybridized carbons (Fsp3) is 0.312. The van der Waals surface area contributed by atoms with Crippen molar-refractivity contribution in [2.45, 2.75) is 25.8 Å². The topological polar surface area (TPSA) is 34.0 Å². The van der Waals surface area contributed by atoms with E-state index in [4.69, 9.17) is 0 Å². The van der Waals surface area contributed by atoms with Gasteiger partial charge in [-0.05, 0) is 62.1 Å². The van der Waals surface area contributed by atoms with Gasteiger partial charge in [-0.25, -0.2) is 0 Å². The quantitative estimate of drug-likeness (QED) is 0.894. The predicted octanol–water partition coefficient (Wildman–Crippen LogP) is 3.01. The predicted molar refractivity (Wildman–Crippen MR) is 75.4 cm³/mol. The van der Waals surface area contributed by atoms with Crippen LogP contribution in [0.25, 0.3) is 5.69 Å². The lowest BCUT2D eigenvalue weighted by Gasteiger charge is -2.13. The van der Waals surface area contributed by atoms with Gasteiger partial charge in [-0.3, -0.25) is 4.79 Å². The first-order valence-corrected chi connectivity index (χ1v) is 6.78. The number of rotatable bonds is 4. The molecule has 0 aliphatic heterocycles. The second-order valence-electron chi connectivity index (χ2n) is 5.24. The fourth-order valence-corrected chi connectivity index (χ4v) is 2.30. The normalized spacial score (nSPS) is 16.1. The van der Waals surface area contributed by atoms with Crippen molar-refractivity contribution >= 4 is 5.91 Å². The second kappa shape index (κ2) is 4.92. The Balaban J connectivity index is 1.69. The Hall–Kier alpha value is -2.03. The minimum atomic E-state index is 0.0263. The molecule has 1 aromatic carbocycles. The summed E-state index contributed by atoms with van der Waals surface area (Å²) < 4.78 is 2.02. The molecule has 0 saturated heterocycles. The summed E-state index contributed by atoms with van der Waals surface area (Å²) in [7, 11) is 0. The van der Waals surface area contributed by atoms with Gasteiger partial charge >= 0.3 is 0 Å². The standard InChI is InChI=1S/C16H18N2O/c1-12(13-4-5-13)17-16(19)14-6-8-15(9-7-14)18-10-2-3-11-18/h2-3,6-13H,4-5H2,1H3,(H,17,19). The Morgan fingerprint density at radius 1 is 1.21 bits per heavy atom. The van der Waals surface area contributed by atoms with Gasteiger partial charge in [0.15, 0.2) is 0 Å². The van der Waals surface area contributed by atoms with Crippen LogP contribution in [0, 0.1) is 5.92 Å². The van der Waals surface area contributed by atoms with E-state index in [1.807, 2.05) is 53.4 Å². The van der Waals surface area contributed by atoms with Crippen LogP contribution >= 0.6 is 0 Å². The van der Waals surface area contributed by atoms with Crippen LogP contribution in [0.3, 0.4) is 0 Å². The van der Waals surface area contributed by atoms with Gasteiger partial charge in [0, 0.05) is 29.7 Å². The summed E-state index contributed by atoms with van der Waals surface area (Å²) in [5, 5.41) is 3.07. The van der Waals surface area contributed by atoms with Gasteiger partial charge in [-0.2, -0.15) is 0 Å². The van der Waals surface area contributed by atoms with E-state index in [1.54, 1.807) is 0 Å². The molecule has 1 N–H and O–H groups in total. The number of aromatic nitrogens is 1. The molecular weight excluding hydrogens is 236 g/mol. The number of amides is 1. The molecule has 19 heavy (non-hydrogen) atoms. The number of nitrogens with zero attached hydrogens (tertiary/aromatic N) is 1. The van der Waals surface area contributed by atoms with Gasteiger partial charge in [0.1, 0.15) is 0 Å². The molecule has 0 radical (unpaired) electrons. The molecule has 1 unspecified atom stereocenters. The number of carbonyl (C=O) groups is 1. The largest absolute Gasteiger partial charge is 0.349 e. The molecule has 98 valence electrons. The molecule has 1 saturated carbocycles. The zero-order chi connectivity index (χ0) is 13.2. The summed E-state index contributed by atoms with van der Waals surface area (Å²) in [5.74, 6) is 0.710. The first-order chi connectivity index (χ1) is 9.24. The van der Waals surface area contributed by atoms with Crippen molar-refractivity contribution in [1.29, 1.82) is 0 Å². The highest BCUT2D eigenvalue weighted by molar-refractivity contribution is 5.94. The number of hydrogen-bond donors (Lipinski definition) is 1. The summed E-state index contributed by atoms with van der Waals surface area (Å²) in [6.07, 6.45) is 6.47. The van der Waals surface area contributed by atoms with Crippen molar-refractivity contribution < 1.29 is 4.79 Å². The van der Waals surface area contributed by atoms with E-state index >= 15 is 0 Å². The molecular formula is C16H18N2O. The Morgan fingerprint density at radius 3 is 2.42 bits per heavy atom. The van der Waals surface area contributed by atoms with Gasteiger partial charge in [0.05, 0.1) is 0 Å². The zero-order valence-electron chi connectivity index (χ0n) is 11.0. The third kappa shape index (κ3) is 2.70. The number of hydrogen-bond acceptors (Lipinski definition) is 1. The van der Waals surface area contributed by atoms with Crippen LogP contribution < -0.4 is 5.32 Å².